The van der Waals surface area contributed by atoms with Gasteiger partial charge in [0.15, 0.2) is 0 Å². The topological polar surface area (TPSA) is 43.1 Å². The fraction of sp³-hybridized carbons (Fsp3) is 0.250. The van der Waals surface area contributed by atoms with Crippen molar-refractivity contribution in [3.63, 3.8) is 0 Å². The fourth-order valence-electron chi connectivity index (χ4n) is 1.01. The van der Waals surface area contributed by atoms with E-state index in [2.05, 4.69) is 0 Å². The van der Waals surface area contributed by atoms with E-state index >= 15 is 0 Å². The van der Waals surface area contributed by atoms with Gasteiger partial charge in [0, 0.05) is 11.8 Å². The molecule has 0 atom stereocenters. The highest BCUT2D eigenvalue weighted by molar-refractivity contribution is 7.97. The van der Waals surface area contributed by atoms with Crippen LogP contribution in [-0.2, 0) is 5.75 Å². The predicted octanol–water partition coefficient (Wildman–Crippen LogP) is 3.11. The first-order chi connectivity index (χ1) is 6.16. The van der Waals surface area contributed by atoms with Crippen LogP contribution in [0.4, 0.5) is 5.69 Å². The molecule has 1 aromatic rings. The molecule has 0 aliphatic rings. The molecule has 0 aliphatic carbocycles. The van der Waals surface area contributed by atoms with Gasteiger partial charge in [-0.05, 0) is 12.3 Å². The van der Waals surface area contributed by atoms with Crippen LogP contribution in [0.1, 0.15) is 5.56 Å². The third-order valence-electron chi connectivity index (χ3n) is 1.58. The zero-order valence-electron chi connectivity index (χ0n) is 6.99. The Balaban J connectivity index is 3.17. The number of rotatable bonds is 3. The third kappa shape index (κ3) is 2.35. The van der Waals surface area contributed by atoms with Gasteiger partial charge in [-0.3, -0.25) is 10.1 Å². The van der Waals surface area contributed by atoms with E-state index in [0.29, 0.717) is 16.3 Å². The largest absolute Gasteiger partial charge is 0.274 e. The molecule has 0 amide bonds. The molecule has 3 nitrogen and oxygen atoms in total. The molecule has 5 heteroatoms. The van der Waals surface area contributed by atoms with Gasteiger partial charge >= 0.3 is 0 Å². The zero-order chi connectivity index (χ0) is 9.84. The molecule has 0 saturated heterocycles. The minimum Gasteiger partial charge on any atom is -0.258 e. The SMILES string of the molecule is CSCc1c(Cl)cccc1[N+](=O)[O-]. The van der Waals surface area contributed by atoms with E-state index in [-0.39, 0.29) is 5.69 Å². The minimum absolute atomic E-state index is 0.0989. The van der Waals surface area contributed by atoms with Crippen molar-refractivity contribution in [2.24, 2.45) is 0 Å². The Labute approximate surface area is 85.2 Å². The molecular weight excluding hydrogens is 210 g/mol. The van der Waals surface area contributed by atoms with Gasteiger partial charge in [-0.25, -0.2) is 0 Å². The van der Waals surface area contributed by atoms with Crippen LogP contribution in [-0.4, -0.2) is 11.2 Å². The van der Waals surface area contributed by atoms with E-state index in [0.717, 1.165) is 0 Å². The van der Waals surface area contributed by atoms with Gasteiger partial charge in [0.1, 0.15) is 0 Å². The van der Waals surface area contributed by atoms with Crippen molar-refractivity contribution < 1.29 is 4.92 Å². The second kappa shape index (κ2) is 4.48. The summed E-state index contributed by atoms with van der Waals surface area (Å²) in [5, 5.41) is 11.0. The predicted molar refractivity (Wildman–Crippen MR) is 55.3 cm³/mol. The molecule has 0 heterocycles. The second-order valence-electron chi connectivity index (χ2n) is 2.43. The molecule has 0 fully saturated rings. The van der Waals surface area contributed by atoms with Gasteiger partial charge < -0.3 is 0 Å². The highest BCUT2D eigenvalue weighted by Crippen LogP contribution is 2.28. The van der Waals surface area contributed by atoms with E-state index in [4.69, 9.17) is 11.6 Å². The number of benzene rings is 1. The summed E-state index contributed by atoms with van der Waals surface area (Å²) in [7, 11) is 0. The van der Waals surface area contributed by atoms with Crippen LogP contribution in [0.5, 0.6) is 0 Å². The molecule has 0 aliphatic heterocycles. The number of thioether (sulfide) groups is 1. The summed E-state index contributed by atoms with van der Waals surface area (Å²) in [4.78, 5) is 10.2. The smallest absolute Gasteiger partial charge is 0.258 e. The lowest BCUT2D eigenvalue weighted by atomic mass is 10.2. The van der Waals surface area contributed by atoms with Crippen molar-refractivity contribution in [2.45, 2.75) is 5.75 Å². The first-order valence-electron chi connectivity index (χ1n) is 3.57. The first-order valence-corrected chi connectivity index (χ1v) is 5.34. The van der Waals surface area contributed by atoms with Gasteiger partial charge in [-0.1, -0.05) is 17.7 Å². The highest BCUT2D eigenvalue weighted by Gasteiger charge is 2.15. The van der Waals surface area contributed by atoms with E-state index in [1.165, 1.54) is 17.8 Å². The summed E-state index contributed by atoms with van der Waals surface area (Å²) < 4.78 is 0. The van der Waals surface area contributed by atoms with Crippen LogP contribution < -0.4 is 0 Å². The molecule has 0 aromatic heterocycles. The lowest BCUT2D eigenvalue weighted by molar-refractivity contribution is -0.385. The maximum Gasteiger partial charge on any atom is 0.274 e. The van der Waals surface area contributed by atoms with Crippen LogP contribution in [0, 0.1) is 10.1 Å². The quantitative estimate of drug-likeness (QED) is 0.577. The maximum absolute atomic E-state index is 10.6. The summed E-state index contributed by atoms with van der Waals surface area (Å²) in [5.74, 6) is 0.565. The van der Waals surface area contributed by atoms with Gasteiger partial charge in [0.2, 0.25) is 0 Å². The Hall–Kier alpha value is -0.740. The summed E-state index contributed by atoms with van der Waals surface area (Å²) in [6, 6.07) is 4.72. The Morgan fingerprint density at radius 3 is 2.85 bits per heavy atom. The lowest BCUT2D eigenvalue weighted by Crippen LogP contribution is -1.94. The molecule has 0 bridgehead atoms. The summed E-state index contributed by atoms with van der Waals surface area (Å²) >= 11 is 7.35. The van der Waals surface area contributed by atoms with Gasteiger partial charge in [0.05, 0.1) is 15.5 Å². The van der Waals surface area contributed by atoms with Crippen molar-refractivity contribution in [3.8, 4) is 0 Å². The number of hydrogen-bond acceptors (Lipinski definition) is 3. The number of nitro benzene ring substituents is 1. The summed E-state index contributed by atoms with van der Waals surface area (Å²) in [6.45, 7) is 0. The van der Waals surface area contributed by atoms with Gasteiger partial charge in [-0.15, -0.1) is 0 Å². The molecule has 0 unspecified atom stereocenters. The monoisotopic (exact) mass is 217 g/mol. The maximum atomic E-state index is 10.6. The van der Waals surface area contributed by atoms with Gasteiger partial charge in [0.25, 0.3) is 5.69 Å². The lowest BCUT2D eigenvalue weighted by Gasteiger charge is -2.02. The molecule has 1 aromatic carbocycles. The molecule has 0 N–H and O–H groups in total. The number of halogens is 1. The molecule has 0 radical (unpaired) electrons. The average molecular weight is 218 g/mol. The van der Waals surface area contributed by atoms with Crippen LogP contribution in [0.25, 0.3) is 0 Å². The fourth-order valence-corrected chi connectivity index (χ4v) is 1.91. The van der Waals surface area contributed by atoms with Crippen molar-refractivity contribution in [1.82, 2.24) is 0 Å². The molecule has 70 valence electrons. The minimum atomic E-state index is -0.405. The van der Waals surface area contributed by atoms with Crippen molar-refractivity contribution >= 4 is 29.1 Å². The van der Waals surface area contributed by atoms with Crippen molar-refractivity contribution in [3.05, 3.63) is 38.9 Å². The van der Waals surface area contributed by atoms with Crippen LogP contribution >= 0.6 is 23.4 Å². The Morgan fingerprint density at radius 2 is 2.31 bits per heavy atom. The Morgan fingerprint density at radius 1 is 1.62 bits per heavy atom. The Bertz CT molecular complexity index is 330. The third-order valence-corrected chi connectivity index (χ3v) is 2.51. The molecule has 0 spiro atoms. The van der Waals surface area contributed by atoms with Crippen molar-refractivity contribution in [2.75, 3.05) is 6.26 Å². The van der Waals surface area contributed by atoms with E-state index in [1.807, 2.05) is 6.26 Å². The van der Waals surface area contributed by atoms with E-state index in [9.17, 15) is 10.1 Å². The van der Waals surface area contributed by atoms with Crippen LogP contribution in [0.3, 0.4) is 0 Å². The number of nitrogens with zero attached hydrogens (tertiary/aromatic N) is 1. The molecule has 13 heavy (non-hydrogen) atoms. The molecule has 0 saturated carbocycles. The normalized spacial score (nSPS) is 10.0. The summed E-state index contributed by atoms with van der Waals surface area (Å²) in [5.41, 5.74) is 0.698. The van der Waals surface area contributed by atoms with Gasteiger partial charge in [-0.2, -0.15) is 11.8 Å². The van der Waals surface area contributed by atoms with E-state index in [1.54, 1.807) is 12.1 Å². The number of hydrogen-bond donors (Lipinski definition) is 0. The molecule has 1 rings (SSSR count). The summed E-state index contributed by atoms with van der Waals surface area (Å²) in [6.07, 6.45) is 1.88. The van der Waals surface area contributed by atoms with Crippen LogP contribution in [0.15, 0.2) is 18.2 Å². The number of nitro groups is 1. The standard InChI is InChI=1S/C8H8ClNO2S/c1-13-5-6-7(9)3-2-4-8(6)10(11)12/h2-4H,5H2,1H3. The van der Waals surface area contributed by atoms with Crippen molar-refractivity contribution in [1.29, 1.82) is 0 Å². The zero-order valence-corrected chi connectivity index (χ0v) is 8.56. The Kier molecular flexibility index (Phi) is 3.57. The average Bonchev–Trinajstić information content (AvgIpc) is 2.08. The first kappa shape index (κ1) is 10.3. The van der Waals surface area contributed by atoms with Crippen LogP contribution in [0.2, 0.25) is 5.02 Å². The highest BCUT2D eigenvalue weighted by atomic mass is 35.5. The van der Waals surface area contributed by atoms with E-state index < -0.39 is 4.92 Å². The molecular formula is C8H8ClNO2S. The second-order valence-corrected chi connectivity index (χ2v) is 3.70.